The summed E-state index contributed by atoms with van der Waals surface area (Å²) in [5.41, 5.74) is 3.41. The van der Waals surface area contributed by atoms with Crippen LogP contribution in [0.25, 0.3) is 21.8 Å². The molecule has 0 radical (unpaired) electrons. The number of hydrogen-bond acceptors (Lipinski definition) is 7. The van der Waals surface area contributed by atoms with Gasteiger partial charge in [0.25, 0.3) is 0 Å². The third-order valence-electron chi connectivity index (χ3n) is 6.91. The number of rotatable bonds is 8. The lowest BCUT2D eigenvalue weighted by Crippen LogP contribution is -2.29. The molecule has 8 nitrogen and oxygen atoms in total. The molecule has 3 aromatic heterocycles. The third kappa shape index (κ3) is 5.79. The van der Waals surface area contributed by atoms with Gasteiger partial charge in [-0.25, -0.2) is 9.07 Å². The van der Waals surface area contributed by atoms with Crippen LogP contribution >= 0.6 is 11.6 Å². The molecule has 0 fully saturated rings. The molecule has 0 saturated carbocycles. The minimum atomic E-state index is -0.864. The summed E-state index contributed by atoms with van der Waals surface area (Å²) < 4.78 is 15.4. The molecule has 0 aliphatic rings. The van der Waals surface area contributed by atoms with E-state index in [1.807, 2.05) is 47.4 Å². The van der Waals surface area contributed by atoms with Crippen LogP contribution in [0.4, 0.5) is 21.6 Å². The van der Waals surface area contributed by atoms with Crippen molar-refractivity contribution in [3.63, 3.8) is 0 Å². The molecule has 5 aromatic rings. The van der Waals surface area contributed by atoms with Crippen LogP contribution in [-0.4, -0.2) is 38.2 Å². The van der Waals surface area contributed by atoms with Crippen molar-refractivity contribution in [3.8, 4) is 6.07 Å². The molecule has 0 aliphatic heterocycles. The first kappa shape index (κ1) is 28.2. The summed E-state index contributed by atoms with van der Waals surface area (Å²) in [6.07, 6.45) is 5.05. The smallest absolute Gasteiger partial charge is 0.175 e. The number of halogens is 2. The highest BCUT2D eigenvalue weighted by molar-refractivity contribution is 6.36. The fourth-order valence-corrected chi connectivity index (χ4v) is 4.81. The lowest BCUT2D eigenvalue weighted by Gasteiger charge is -2.25. The first-order valence-corrected chi connectivity index (χ1v) is 13.7. The van der Waals surface area contributed by atoms with E-state index in [-0.39, 0.29) is 5.41 Å². The fraction of sp³-hybridized carbons (Fsp3) is 0.323. The average Bonchev–Trinajstić information content (AvgIpc) is 3.45. The molecule has 2 aromatic carbocycles. The van der Waals surface area contributed by atoms with Gasteiger partial charge in [0, 0.05) is 35.4 Å². The fourth-order valence-electron chi connectivity index (χ4n) is 4.55. The number of pyridine rings is 2. The van der Waals surface area contributed by atoms with Gasteiger partial charge in [-0.2, -0.15) is 5.26 Å². The van der Waals surface area contributed by atoms with Gasteiger partial charge in [0.1, 0.15) is 12.7 Å². The van der Waals surface area contributed by atoms with Crippen LogP contribution in [0.5, 0.6) is 0 Å². The van der Waals surface area contributed by atoms with Crippen LogP contribution in [0.2, 0.25) is 5.02 Å². The number of alkyl halides is 1. The number of nitrogens with one attached hydrogen (secondary N) is 1. The lowest BCUT2D eigenvalue weighted by atomic mass is 9.96. The maximum Gasteiger partial charge on any atom is 0.175 e. The predicted octanol–water partition coefficient (Wildman–Crippen LogP) is 7.40. The van der Waals surface area contributed by atoms with Crippen molar-refractivity contribution < 1.29 is 4.39 Å². The van der Waals surface area contributed by atoms with Crippen molar-refractivity contribution in [1.29, 1.82) is 5.26 Å². The van der Waals surface area contributed by atoms with E-state index in [1.165, 1.54) is 4.68 Å². The summed E-state index contributed by atoms with van der Waals surface area (Å²) in [4.78, 5) is 11.0. The summed E-state index contributed by atoms with van der Waals surface area (Å²) in [7, 11) is 0. The number of nitriles is 1. The third-order valence-corrected chi connectivity index (χ3v) is 7.19. The molecular weight excluding hydrogens is 539 g/mol. The van der Waals surface area contributed by atoms with Gasteiger partial charge in [-0.05, 0) is 49.1 Å². The van der Waals surface area contributed by atoms with Crippen LogP contribution in [0.3, 0.4) is 0 Å². The minimum Gasteiger partial charge on any atom is -0.383 e. The van der Waals surface area contributed by atoms with Gasteiger partial charge in [0.15, 0.2) is 5.82 Å². The van der Waals surface area contributed by atoms with Crippen molar-refractivity contribution in [2.45, 2.75) is 46.7 Å². The SMILES string of the molecule is CC(C)(C)CNc1c(C#N)cnc2c(Cl)cc(N(Cc3cccc4ncccc34)c3cn(C(C)(C)CF)nn3)cc12. The summed E-state index contributed by atoms with van der Waals surface area (Å²) in [5.74, 6) is 0.524. The molecule has 0 amide bonds. The van der Waals surface area contributed by atoms with Gasteiger partial charge in [0.2, 0.25) is 0 Å². The number of fused-ring (bicyclic) bond motifs is 2. The van der Waals surface area contributed by atoms with E-state index in [4.69, 9.17) is 11.6 Å². The Bertz CT molecular complexity index is 1760. The van der Waals surface area contributed by atoms with E-state index in [0.717, 1.165) is 27.5 Å². The number of nitrogens with zero attached hydrogens (tertiary/aromatic N) is 7. The Morgan fingerprint density at radius 2 is 1.88 bits per heavy atom. The van der Waals surface area contributed by atoms with Crippen LogP contribution in [0.15, 0.2) is 61.1 Å². The first-order chi connectivity index (χ1) is 19.5. The lowest BCUT2D eigenvalue weighted by molar-refractivity contribution is 0.232. The topological polar surface area (TPSA) is 95.6 Å². The highest BCUT2D eigenvalue weighted by Gasteiger charge is 2.25. The molecule has 5 rings (SSSR count). The molecule has 10 heteroatoms. The summed E-state index contributed by atoms with van der Waals surface area (Å²) in [6.45, 7) is 10.4. The minimum absolute atomic E-state index is 0.0279. The largest absolute Gasteiger partial charge is 0.383 e. The molecule has 1 N–H and O–H groups in total. The van der Waals surface area contributed by atoms with E-state index in [2.05, 4.69) is 52.4 Å². The standard InChI is InChI=1S/C31H32ClFN8/c1-30(2,3)19-37-28-21(14-34)15-36-29-24(28)12-22(13-25(29)32)40(27-17-41(39-38-27)31(4,5)18-33)16-20-8-6-10-26-23(20)9-7-11-35-26/h6-13,15,17H,16,18-19H2,1-5H3,(H,36,37). The second-order valence-corrected chi connectivity index (χ2v) is 12.3. The molecule has 0 bridgehead atoms. The van der Waals surface area contributed by atoms with E-state index < -0.39 is 12.2 Å². The van der Waals surface area contributed by atoms with Crippen LogP contribution in [0.1, 0.15) is 45.7 Å². The van der Waals surface area contributed by atoms with E-state index in [9.17, 15) is 9.65 Å². The second kappa shape index (κ2) is 10.9. The molecule has 41 heavy (non-hydrogen) atoms. The number of aromatic nitrogens is 5. The van der Waals surface area contributed by atoms with Gasteiger partial charge >= 0.3 is 0 Å². The highest BCUT2D eigenvalue weighted by Crippen LogP contribution is 2.38. The Morgan fingerprint density at radius 3 is 2.61 bits per heavy atom. The van der Waals surface area contributed by atoms with Crippen molar-refractivity contribution in [2.75, 3.05) is 23.4 Å². The zero-order valence-corrected chi connectivity index (χ0v) is 24.5. The van der Waals surface area contributed by atoms with E-state index >= 15 is 0 Å². The zero-order valence-electron chi connectivity index (χ0n) is 23.8. The Balaban J connectivity index is 1.70. The van der Waals surface area contributed by atoms with Crippen LogP contribution in [0, 0.1) is 16.7 Å². The molecule has 0 spiro atoms. The van der Waals surface area contributed by atoms with Gasteiger partial charge in [-0.15, -0.1) is 5.10 Å². The maximum atomic E-state index is 13.8. The number of hydrogen-bond donors (Lipinski definition) is 1. The molecule has 0 unspecified atom stereocenters. The maximum absolute atomic E-state index is 13.8. The number of benzene rings is 2. The highest BCUT2D eigenvalue weighted by atomic mass is 35.5. The number of anilines is 3. The van der Waals surface area contributed by atoms with Crippen molar-refractivity contribution in [1.82, 2.24) is 25.0 Å². The summed E-state index contributed by atoms with van der Waals surface area (Å²) in [6, 6.07) is 16.0. The average molecular weight is 571 g/mol. The second-order valence-electron chi connectivity index (χ2n) is 11.9. The van der Waals surface area contributed by atoms with E-state index in [0.29, 0.717) is 40.7 Å². The Morgan fingerprint density at radius 1 is 1.07 bits per heavy atom. The molecule has 0 saturated heterocycles. The van der Waals surface area contributed by atoms with Gasteiger partial charge in [-0.3, -0.25) is 9.97 Å². The Labute approximate surface area is 243 Å². The predicted molar refractivity (Wildman–Crippen MR) is 162 cm³/mol. The van der Waals surface area contributed by atoms with Crippen LogP contribution in [-0.2, 0) is 12.1 Å². The van der Waals surface area contributed by atoms with Crippen molar-refractivity contribution >= 4 is 50.6 Å². The van der Waals surface area contributed by atoms with Crippen molar-refractivity contribution in [2.24, 2.45) is 5.41 Å². The molecule has 3 heterocycles. The quantitative estimate of drug-likeness (QED) is 0.207. The van der Waals surface area contributed by atoms with E-state index in [1.54, 1.807) is 32.4 Å². The summed E-state index contributed by atoms with van der Waals surface area (Å²) >= 11 is 6.85. The van der Waals surface area contributed by atoms with Gasteiger partial charge in [0.05, 0.1) is 45.6 Å². The van der Waals surface area contributed by atoms with Gasteiger partial charge < -0.3 is 10.2 Å². The first-order valence-electron chi connectivity index (χ1n) is 13.4. The normalized spacial score (nSPS) is 12.0. The summed E-state index contributed by atoms with van der Waals surface area (Å²) in [5, 5.41) is 24.2. The molecule has 210 valence electrons. The zero-order chi connectivity index (χ0) is 29.4. The Hall–Kier alpha value is -4.29. The molecule has 0 atom stereocenters. The molecular formula is C31H32ClFN8. The Kier molecular flexibility index (Phi) is 7.54. The monoisotopic (exact) mass is 570 g/mol. The molecule has 0 aliphatic carbocycles. The van der Waals surface area contributed by atoms with Crippen LogP contribution < -0.4 is 10.2 Å². The van der Waals surface area contributed by atoms with Crippen molar-refractivity contribution in [3.05, 3.63) is 77.2 Å². The van der Waals surface area contributed by atoms with Gasteiger partial charge in [-0.1, -0.05) is 55.8 Å².